The van der Waals surface area contributed by atoms with Crippen molar-refractivity contribution in [3.63, 3.8) is 0 Å². The Morgan fingerprint density at radius 1 is 1.15 bits per heavy atom. The van der Waals surface area contributed by atoms with Crippen LogP contribution in [0, 0.1) is 0 Å². The monoisotopic (exact) mass is 362 g/mol. The van der Waals surface area contributed by atoms with Crippen molar-refractivity contribution in [3.8, 4) is 5.75 Å². The molecular formula is C22H22N2O3. The molecule has 1 aromatic heterocycles. The average molecular weight is 362 g/mol. The van der Waals surface area contributed by atoms with Gasteiger partial charge in [0.15, 0.2) is 5.78 Å². The van der Waals surface area contributed by atoms with Gasteiger partial charge in [-0.15, -0.1) is 0 Å². The fourth-order valence-corrected chi connectivity index (χ4v) is 4.10. The second-order valence-electron chi connectivity index (χ2n) is 6.81. The Kier molecular flexibility index (Phi) is 4.75. The number of pyridine rings is 1. The molecule has 1 atom stereocenters. The smallest absolute Gasteiger partial charge is 0.232 e. The molecule has 4 rings (SSSR count). The van der Waals surface area contributed by atoms with E-state index in [0.29, 0.717) is 13.0 Å². The Bertz CT molecular complexity index is 905. The third kappa shape index (κ3) is 3.14. The molecule has 0 saturated heterocycles. The zero-order valence-electron chi connectivity index (χ0n) is 15.4. The van der Waals surface area contributed by atoms with Gasteiger partial charge in [0.1, 0.15) is 5.75 Å². The van der Waals surface area contributed by atoms with Gasteiger partial charge in [-0.2, -0.15) is 0 Å². The fraction of sp³-hybridized carbons (Fsp3) is 0.318. The van der Waals surface area contributed by atoms with E-state index in [9.17, 15) is 9.59 Å². The van der Waals surface area contributed by atoms with Gasteiger partial charge >= 0.3 is 0 Å². The predicted molar refractivity (Wildman–Crippen MR) is 103 cm³/mol. The first-order valence-corrected chi connectivity index (χ1v) is 9.41. The van der Waals surface area contributed by atoms with Crippen molar-refractivity contribution in [1.29, 1.82) is 0 Å². The van der Waals surface area contributed by atoms with E-state index in [1.807, 2.05) is 43.3 Å². The number of hydrogen-bond acceptors (Lipinski definition) is 4. The SMILES string of the molecule is CCOc1ccccc1C1CC(=O)N(c2cccnc2)C2=C1C(=O)CCC2. The third-order valence-electron chi connectivity index (χ3n) is 5.17. The van der Waals surface area contributed by atoms with E-state index < -0.39 is 0 Å². The van der Waals surface area contributed by atoms with Crippen molar-refractivity contribution in [2.45, 2.75) is 38.5 Å². The van der Waals surface area contributed by atoms with E-state index >= 15 is 0 Å². The van der Waals surface area contributed by atoms with Crippen molar-refractivity contribution in [2.24, 2.45) is 0 Å². The summed E-state index contributed by atoms with van der Waals surface area (Å²) < 4.78 is 5.78. The van der Waals surface area contributed by atoms with Crippen LogP contribution >= 0.6 is 0 Å². The van der Waals surface area contributed by atoms with E-state index in [4.69, 9.17) is 4.74 Å². The summed E-state index contributed by atoms with van der Waals surface area (Å²) in [6.45, 7) is 2.47. The summed E-state index contributed by atoms with van der Waals surface area (Å²) in [4.78, 5) is 31.9. The van der Waals surface area contributed by atoms with E-state index in [1.165, 1.54) is 0 Å². The molecule has 2 heterocycles. The van der Waals surface area contributed by atoms with Crippen molar-refractivity contribution in [2.75, 3.05) is 11.5 Å². The average Bonchev–Trinajstić information content (AvgIpc) is 2.69. The molecule has 0 N–H and O–H groups in total. The zero-order chi connectivity index (χ0) is 18.8. The van der Waals surface area contributed by atoms with Crippen LogP contribution in [0.2, 0.25) is 0 Å². The molecule has 0 saturated carbocycles. The molecule has 138 valence electrons. The topological polar surface area (TPSA) is 59.5 Å². The molecule has 1 aromatic carbocycles. The fourth-order valence-electron chi connectivity index (χ4n) is 4.10. The minimum Gasteiger partial charge on any atom is -0.494 e. The quantitative estimate of drug-likeness (QED) is 0.825. The molecule has 2 aliphatic rings. The normalized spacial score (nSPS) is 19.9. The molecule has 2 aromatic rings. The van der Waals surface area contributed by atoms with Gasteiger partial charge in [-0.1, -0.05) is 18.2 Å². The highest BCUT2D eigenvalue weighted by atomic mass is 16.5. The molecule has 1 aliphatic heterocycles. The zero-order valence-corrected chi connectivity index (χ0v) is 15.4. The standard InChI is InChI=1S/C22H22N2O3/c1-2-27-20-11-4-3-8-16(20)17-13-21(26)24(15-7-6-12-23-14-15)18-9-5-10-19(25)22(17)18/h3-4,6-8,11-12,14,17H,2,5,9-10,13H2,1H3. The lowest BCUT2D eigenvalue weighted by molar-refractivity contribution is -0.119. The summed E-state index contributed by atoms with van der Waals surface area (Å²) in [5.74, 6) is 0.621. The number of para-hydroxylation sites is 1. The number of anilines is 1. The number of ether oxygens (including phenoxy) is 1. The summed E-state index contributed by atoms with van der Waals surface area (Å²) in [6.07, 6.45) is 5.62. The van der Waals surface area contributed by atoms with Gasteiger partial charge in [0.05, 0.1) is 18.5 Å². The van der Waals surface area contributed by atoms with Crippen molar-refractivity contribution in [3.05, 3.63) is 65.6 Å². The van der Waals surface area contributed by atoms with Crippen LogP contribution in [0.5, 0.6) is 5.75 Å². The lowest BCUT2D eigenvalue weighted by atomic mass is 9.77. The number of carbonyl (C=O) groups is 2. The number of nitrogens with zero attached hydrogens (tertiary/aromatic N) is 2. The van der Waals surface area contributed by atoms with E-state index in [-0.39, 0.29) is 24.0 Å². The van der Waals surface area contributed by atoms with Gasteiger partial charge in [-0.3, -0.25) is 19.5 Å². The highest BCUT2D eigenvalue weighted by Gasteiger charge is 2.40. The molecule has 5 heteroatoms. The maximum Gasteiger partial charge on any atom is 0.232 e. The van der Waals surface area contributed by atoms with Crippen LogP contribution in [0.4, 0.5) is 5.69 Å². The Balaban J connectivity index is 1.86. The van der Waals surface area contributed by atoms with E-state index in [1.54, 1.807) is 17.3 Å². The van der Waals surface area contributed by atoms with Crippen LogP contribution < -0.4 is 9.64 Å². The Morgan fingerprint density at radius 2 is 2.00 bits per heavy atom. The maximum absolute atomic E-state index is 13.1. The summed E-state index contributed by atoms with van der Waals surface area (Å²) >= 11 is 0. The van der Waals surface area contributed by atoms with E-state index in [0.717, 1.165) is 41.1 Å². The minimum atomic E-state index is -0.254. The Labute approximate surface area is 158 Å². The molecule has 0 bridgehead atoms. The molecule has 27 heavy (non-hydrogen) atoms. The van der Waals surface area contributed by atoms with Gasteiger partial charge in [0.25, 0.3) is 0 Å². The number of ketones is 1. The van der Waals surface area contributed by atoms with Crippen LogP contribution in [-0.4, -0.2) is 23.3 Å². The number of Topliss-reactive ketones (excluding diaryl/α,β-unsaturated/α-hetero) is 1. The first-order valence-electron chi connectivity index (χ1n) is 9.41. The first kappa shape index (κ1) is 17.5. The number of rotatable bonds is 4. The lowest BCUT2D eigenvalue weighted by Crippen LogP contribution is -2.40. The Hall–Kier alpha value is -2.95. The van der Waals surface area contributed by atoms with Crippen LogP contribution in [0.15, 0.2) is 60.1 Å². The molecule has 5 nitrogen and oxygen atoms in total. The largest absolute Gasteiger partial charge is 0.494 e. The van der Waals surface area contributed by atoms with Crippen molar-refractivity contribution >= 4 is 17.4 Å². The van der Waals surface area contributed by atoms with Crippen LogP contribution in [0.25, 0.3) is 0 Å². The molecule has 0 spiro atoms. The van der Waals surface area contributed by atoms with Gasteiger partial charge in [-0.05, 0) is 38.0 Å². The number of allylic oxidation sites excluding steroid dienone is 2. The number of amides is 1. The molecule has 0 fully saturated rings. The van der Waals surface area contributed by atoms with Crippen LogP contribution in [-0.2, 0) is 9.59 Å². The Morgan fingerprint density at radius 3 is 2.78 bits per heavy atom. The summed E-state index contributed by atoms with van der Waals surface area (Å²) in [7, 11) is 0. The number of carbonyl (C=O) groups excluding carboxylic acids is 2. The maximum atomic E-state index is 13.1. The number of hydrogen-bond donors (Lipinski definition) is 0. The summed E-state index contributed by atoms with van der Waals surface area (Å²) in [5, 5.41) is 0. The van der Waals surface area contributed by atoms with E-state index in [2.05, 4.69) is 4.98 Å². The highest BCUT2D eigenvalue weighted by molar-refractivity contribution is 6.07. The summed E-state index contributed by atoms with van der Waals surface area (Å²) in [6, 6.07) is 11.4. The van der Waals surface area contributed by atoms with Crippen molar-refractivity contribution < 1.29 is 14.3 Å². The summed E-state index contributed by atoms with van der Waals surface area (Å²) in [5.41, 5.74) is 3.23. The van der Waals surface area contributed by atoms with Gasteiger partial charge < -0.3 is 4.74 Å². The number of aromatic nitrogens is 1. The number of benzene rings is 1. The van der Waals surface area contributed by atoms with Crippen LogP contribution in [0.3, 0.4) is 0 Å². The molecular weight excluding hydrogens is 340 g/mol. The first-order chi connectivity index (χ1) is 13.2. The minimum absolute atomic E-state index is 0.00671. The van der Waals surface area contributed by atoms with Gasteiger partial charge in [-0.25, -0.2) is 0 Å². The molecule has 1 aliphatic carbocycles. The molecule has 1 unspecified atom stereocenters. The van der Waals surface area contributed by atoms with Crippen molar-refractivity contribution in [1.82, 2.24) is 4.98 Å². The molecule has 0 radical (unpaired) electrons. The van der Waals surface area contributed by atoms with Crippen LogP contribution in [0.1, 0.15) is 44.1 Å². The van der Waals surface area contributed by atoms with Gasteiger partial charge in [0, 0.05) is 41.8 Å². The third-order valence-corrected chi connectivity index (χ3v) is 5.17. The van der Waals surface area contributed by atoms with Gasteiger partial charge in [0.2, 0.25) is 5.91 Å². The molecule has 1 amide bonds. The second kappa shape index (κ2) is 7.35. The predicted octanol–water partition coefficient (Wildman–Crippen LogP) is 4.01. The second-order valence-corrected chi connectivity index (χ2v) is 6.81. The lowest BCUT2D eigenvalue weighted by Gasteiger charge is -2.38. The highest BCUT2D eigenvalue weighted by Crippen LogP contribution is 2.45.